The number of rotatable bonds is 4. The largest absolute Gasteiger partial charge is 0.295 e. The Balaban J connectivity index is 0.000000147. The molecule has 0 atom stereocenters. The third-order valence-corrected chi connectivity index (χ3v) is 8.55. The Morgan fingerprint density at radius 2 is 0.843 bits per heavy atom. The number of hydrogen-bond donors (Lipinski definition) is 0. The molecule has 0 saturated heterocycles. The number of pyridine rings is 4. The molecule has 0 bridgehead atoms. The normalized spacial score (nSPS) is 10.0. The number of hydrogen-bond acceptors (Lipinski definition) is 5. The molecule has 0 aliphatic rings. The fourth-order valence-corrected chi connectivity index (χ4v) is 6.18. The number of aromatic nitrogens is 4. The molecule has 0 unspecified atom stereocenters. The number of nitrogens with zero attached hydrogens (tertiary/aromatic N) is 4. The molecule has 0 radical (unpaired) electrons. The molecule has 4 nitrogen and oxygen atoms in total. The van der Waals surface area contributed by atoms with Gasteiger partial charge >= 0.3 is 0 Å². The van der Waals surface area contributed by atoms with Crippen molar-refractivity contribution in [3.05, 3.63) is 195 Å². The minimum Gasteiger partial charge on any atom is -0.295 e. The van der Waals surface area contributed by atoms with E-state index in [9.17, 15) is 0 Å². The van der Waals surface area contributed by atoms with E-state index in [1.54, 1.807) is 29.9 Å². The van der Waals surface area contributed by atoms with Crippen LogP contribution in [0.5, 0.6) is 0 Å². The Kier molecular flexibility index (Phi) is 13.8. The first-order valence-corrected chi connectivity index (χ1v) is 16.5. The molecule has 0 aliphatic heterocycles. The van der Waals surface area contributed by atoms with Gasteiger partial charge in [0.05, 0.1) is 22.8 Å². The first-order chi connectivity index (χ1) is 24.3. The van der Waals surface area contributed by atoms with Gasteiger partial charge in [-0.1, -0.05) is 39.7 Å². The Morgan fingerprint density at radius 3 is 1.37 bits per heavy atom. The second-order valence-corrected chi connectivity index (χ2v) is 11.8. The summed E-state index contributed by atoms with van der Waals surface area (Å²) in [5.41, 5.74) is 7.50. The summed E-state index contributed by atoms with van der Waals surface area (Å²) in [4.78, 5) is 17.5. The Hall–Kier alpha value is -4.92. The minimum atomic E-state index is 0. The predicted molar refractivity (Wildman–Crippen MR) is 200 cm³/mol. The molecule has 0 aliphatic carbocycles. The summed E-state index contributed by atoms with van der Waals surface area (Å²) < 4.78 is 2.44. The Labute approximate surface area is 330 Å². The predicted octanol–water partition coefficient (Wildman–Crippen LogP) is 10.9. The van der Waals surface area contributed by atoms with Gasteiger partial charge in [0, 0.05) is 66.4 Å². The standard InChI is InChI=1S/C17H11N.C15H11N3.C12H6S.2Pt/c1-2-7-14(8-3-1)15-9-6-10-16(13-15)17-11-4-5-12-18-17;1-3-10-16-12(6-1)14-8-5-9-15(18-14)13-7-2-4-11-17-13;1-3-7-11-9(5-1)10-6-2-4-8-12(10)13-11;;/h1-7,9-12H;1-11H;1-6H;;/q-2;;-2;;. The summed E-state index contributed by atoms with van der Waals surface area (Å²) in [5, 5.41) is 2.58. The van der Waals surface area contributed by atoms with E-state index in [1.165, 1.54) is 20.2 Å². The Morgan fingerprint density at radius 1 is 0.373 bits per heavy atom. The van der Waals surface area contributed by atoms with Gasteiger partial charge < -0.3 is 0 Å². The first kappa shape index (κ1) is 37.3. The van der Waals surface area contributed by atoms with Gasteiger partial charge in [0.2, 0.25) is 0 Å². The molecule has 4 aromatic carbocycles. The van der Waals surface area contributed by atoms with E-state index < -0.39 is 0 Å². The summed E-state index contributed by atoms with van der Waals surface area (Å²) in [7, 11) is 0. The minimum absolute atomic E-state index is 0. The summed E-state index contributed by atoms with van der Waals surface area (Å²) >= 11 is 1.75. The smallest absolute Gasteiger partial charge is 0.0894 e. The van der Waals surface area contributed by atoms with E-state index in [0.29, 0.717) is 0 Å². The van der Waals surface area contributed by atoms with Gasteiger partial charge in [-0.25, -0.2) is 10.5 Å². The molecule has 5 heterocycles. The van der Waals surface area contributed by atoms with E-state index in [2.05, 4.69) is 56.3 Å². The van der Waals surface area contributed by atoms with Crippen LogP contribution in [0.1, 0.15) is 0 Å². The topological polar surface area (TPSA) is 51.6 Å². The molecule has 0 saturated carbocycles. The third kappa shape index (κ3) is 9.66. The van der Waals surface area contributed by atoms with Gasteiger partial charge in [0.15, 0.2) is 0 Å². The zero-order chi connectivity index (χ0) is 33.1. The van der Waals surface area contributed by atoms with Gasteiger partial charge in [0.25, 0.3) is 0 Å². The van der Waals surface area contributed by atoms with Crippen LogP contribution in [0.25, 0.3) is 65.3 Å². The van der Waals surface area contributed by atoms with Crippen molar-refractivity contribution in [1.82, 2.24) is 19.9 Å². The molecular weight excluding hydrogens is 1010 g/mol. The van der Waals surface area contributed by atoms with Crippen molar-refractivity contribution in [2.45, 2.75) is 0 Å². The Bertz CT molecular complexity index is 2110. The van der Waals surface area contributed by atoms with Gasteiger partial charge in [-0.15, -0.1) is 23.8 Å². The molecule has 7 heteroatoms. The molecule has 0 amide bonds. The summed E-state index contributed by atoms with van der Waals surface area (Å²) in [6.07, 6.45) is 5.33. The van der Waals surface area contributed by atoms with E-state index in [-0.39, 0.29) is 42.1 Å². The quantitative estimate of drug-likeness (QED) is 0.165. The fraction of sp³-hybridized carbons (Fsp3) is 0. The molecule has 9 aromatic rings. The average Bonchev–Trinajstić information content (AvgIpc) is 3.59. The van der Waals surface area contributed by atoms with Crippen molar-refractivity contribution in [2.24, 2.45) is 0 Å². The van der Waals surface area contributed by atoms with Crippen molar-refractivity contribution >= 4 is 31.5 Å². The fourth-order valence-electron chi connectivity index (χ4n) is 5.15. The second-order valence-electron chi connectivity index (χ2n) is 10.7. The zero-order valence-corrected chi connectivity index (χ0v) is 32.4. The van der Waals surface area contributed by atoms with Crippen LogP contribution in [0.4, 0.5) is 0 Å². The summed E-state index contributed by atoms with van der Waals surface area (Å²) in [6.45, 7) is 0. The number of thiophene rings is 1. The van der Waals surface area contributed by atoms with Crippen LogP contribution in [0, 0.1) is 24.3 Å². The van der Waals surface area contributed by atoms with Gasteiger partial charge in [-0.3, -0.25) is 15.0 Å². The van der Waals surface area contributed by atoms with Crippen LogP contribution in [-0.4, -0.2) is 19.9 Å². The van der Waals surface area contributed by atoms with Crippen molar-refractivity contribution < 1.29 is 42.1 Å². The first-order valence-electron chi connectivity index (χ1n) is 15.7. The van der Waals surface area contributed by atoms with Crippen molar-refractivity contribution in [1.29, 1.82) is 0 Å². The summed E-state index contributed by atoms with van der Waals surface area (Å²) in [5.74, 6) is 0. The van der Waals surface area contributed by atoms with Crippen LogP contribution >= 0.6 is 11.3 Å². The maximum atomic E-state index is 4.59. The average molecular weight is 1030 g/mol. The van der Waals surface area contributed by atoms with E-state index in [1.807, 2.05) is 140 Å². The SMILES string of the molecule is [Pt].[Pt].[c-]1cccc2c1sc1[c-]cccc12.[c-]1ccccc1-c1[c-]c(-c2ccccn2)ccc1.c1ccc(-c2cccc(-c3ccccn3)n2)nc1. The summed E-state index contributed by atoms with van der Waals surface area (Å²) in [6, 6.07) is 62.7. The van der Waals surface area contributed by atoms with Crippen molar-refractivity contribution in [3.8, 4) is 45.2 Å². The van der Waals surface area contributed by atoms with Crippen LogP contribution in [-0.2, 0) is 42.1 Å². The number of benzene rings is 4. The maximum absolute atomic E-state index is 4.59. The van der Waals surface area contributed by atoms with Gasteiger partial charge in [-0.2, -0.15) is 113 Å². The molecule has 51 heavy (non-hydrogen) atoms. The van der Waals surface area contributed by atoms with Gasteiger partial charge in [0.1, 0.15) is 0 Å². The maximum Gasteiger partial charge on any atom is 0.0894 e. The van der Waals surface area contributed by atoms with Crippen molar-refractivity contribution in [3.63, 3.8) is 0 Å². The van der Waals surface area contributed by atoms with Crippen LogP contribution < -0.4 is 0 Å². The monoisotopic (exact) mass is 1030 g/mol. The third-order valence-electron chi connectivity index (χ3n) is 7.47. The number of fused-ring (bicyclic) bond motifs is 3. The van der Waals surface area contributed by atoms with Gasteiger partial charge in [-0.05, 0) is 42.5 Å². The van der Waals surface area contributed by atoms with Crippen LogP contribution in [0.15, 0.2) is 170 Å². The van der Waals surface area contributed by atoms with E-state index >= 15 is 0 Å². The zero-order valence-electron chi connectivity index (χ0n) is 27.0. The molecule has 5 aromatic heterocycles. The molecule has 9 rings (SSSR count). The van der Waals surface area contributed by atoms with E-state index in [4.69, 9.17) is 0 Å². The molecule has 254 valence electrons. The van der Waals surface area contributed by atoms with E-state index in [0.717, 1.165) is 45.2 Å². The van der Waals surface area contributed by atoms with Crippen LogP contribution in [0.2, 0.25) is 0 Å². The molecule has 0 fully saturated rings. The molecule has 0 N–H and O–H groups in total. The molecular formula is C44H28N4Pt2S-4. The second kappa shape index (κ2) is 18.9. The van der Waals surface area contributed by atoms with Crippen molar-refractivity contribution in [2.75, 3.05) is 0 Å². The molecule has 0 spiro atoms. The van der Waals surface area contributed by atoms with Crippen LogP contribution in [0.3, 0.4) is 0 Å².